The van der Waals surface area contributed by atoms with Crippen molar-refractivity contribution in [2.24, 2.45) is 11.8 Å². The van der Waals surface area contributed by atoms with Gasteiger partial charge in [0.2, 0.25) is 0 Å². The molecule has 0 saturated heterocycles. The van der Waals surface area contributed by atoms with Gasteiger partial charge in [-0.05, 0) is 50.5 Å². The normalized spacial score (nSPS) is 17.6. The van der Waals surface area contributed by atoms with Gasteiger partial charge in [-0.25, -0.2) is 4.98 Å². The van der Waals surface area contributed by atoms with Gasteiger partial charge in [-0.1, -0.05) is 11.6 Å². The lowest BCUT2D eigenvalue weighted by molar-refractivity contribution is 0.0739. The Kier molecular flexibility index (Phi) is 4.34. The zero-order chi connectivity index (χ0) is 14.8. The lowest BCUT2D eigenvalue weighted by Gasteiger charge is -2.23. The van der Waals surface area contributed by atoms with Crippen LogP contribution in [0.4, 0.5) is 5.82 Å². The molecule has 21 heavy (non-hydrogen) atoms. The third kappa shape index (κ3) is 3.88. The van der Waals surface area contributed by atoms with Crippen molar-refractivity contribution in [1.82, 2.24) is 9.88 Å². The Morgan fingerprint density at radius 1 is 1.33 bits per heavy atom. The maximum absolute atomic E-state index is 12.8. The van der Waals surface area contributed by atoms with Gasteiger partial charge in [0, 0.05) is 25.8 Å². The van der Waals surface area contributed by atoms with Crippen LogP contribution in [0.15, 0.2) is 12.3 Å². The van der Waals surface area contributed by atoms with Crippen LogP contribution >= 0.6 is 11.6 Å². The number of amides is 1. The van der Waals surface area contributed by atoms with E-state index in [0.717, 1.165) is 19.6 Å². The molecule has 0 radical (unpaired) electrons. The summed E-state index contributed by atoms with van der Waals surface area (Å²) in [6, 6.07) is 1.78. The maximum atomic E-state index is 12.8. The van der Waals surface area contributed by atoms with E-state index in [2.05, 4.69) is 10.3 Å². The first-order valence-electron chi connectivity index (χ1n) is 7.86. The quantitative estimate of drug-likeness (QED) is 0.839. The molecular weight excluding hydrogens is 286 g/mol. The Hall–Kier alpha value is -1.29. The van der Waals surface area contributed by atoms with E-state index in [1.165, 1.54) is 25.7 Å². The number of carbonyl (C=O) groups excluding carboxylic acids is 1. The van der Waals surface area contributed by atoms with Crippen LogP contribution in [0.25, 0.3) is 0 Å². The summed E-state index contributed by atoms with van der Waals surface area (Å²) in [5, 5.41) is 3.58. The first-order chi connectivity index (χ1) is 10.2. The zero-order valence-corrected chi connectivity index (χ0v) is 13.2. The van der Waals surface area contributed by atoms with Gasteiger partial charge in [0.1, 0.15) is 5.82 Å². The Bertz CT molecular complexity index is 512. The van der Waals surface area contributed by atoms with Crippen molar-refractivity contribution < 1.29 is 4.79 Å². The van der Waals surface area contributed by atoms with Gasteiger partial charge in [-0.2, -0.15) is 0 Å². The van der Waals surface area contributed by atoms with Gasteiger partial charge in [0.25, 0.3) is 5.91 Å². The molecule has 0 bridgehead atoms. The number of aromatic nitrogens is 1. The van der Waals surface area contributed by atoms with Crippen molar-refractivity contribution in [3.63, 3.8) is 0 Å². The summed E-state index contributed by atoms with van der Waals surface area (Å²) in [5.41, 5.74) is 0.573. The summed E-state index contributed by atoms with van der Waals surface area (Å²) < 4.78 is 0. The van der Waals surface area contributed by atoms with Gasteiger partial charge >= 0.3 is 0 Å². The standard InChI is InChI=1S/C16H22ClN3O/c1-2-18-15-7-13(14(17)8-19-15)16(21)20(9-11-3-4-11)10-12-5-6-12/h7-8,11-12H,2-6,9-10H2,1H3,(H,18,19). The van der Waals surface area contributed by atoms with Crippen molar-refractivity contribution in [3.8, 4) is 0 Å². The van der Waals surface area contributed by atoms with E-state index < -0.39 is 0 Å². The number of rotatable bonds is 7. The van der Waals surface area contributed by atoms with Crippen LogP contribution in [-0.4, -0.2) is 35.4 Å². The number of carbonyl (C=O) groups is 1. The predicted octanol–water partition coefficient (Wildman–Crippen LogP) is 3.43. The Morgan fingerprint density at radius 2 is 1.95 bits per heavy atom. The van der Waals surface area contributed by atoms with Crippen molar-refractivity contribution in [2.75, 3.05) is 25.0 Å². The van der Waals surface area contributed by atoms with E-state index in [9.17, 15) is 4.79 Å². The molecule has 0 spiro atoms. The van der Waals surface area contributed by atoms with E-state index in [-0.39, 0.29) is 5.91 Å². The number of anilines is 1. The van der Waals surface area contributed by atoms with Crippen LogP contribution in [0.5, 0.6) is 0 Å². The summed E-state index contributed by atoms with van der Waals surface area (Å²) in [6.45, 7) is 4.54. The Balaban J connectivity index is 1.77. The van der Waals surface area contributed by atoms with Gasteiger partial charge in [-0.3, -0.25) is 4.79 Å². The first kappa shape index (κ1) is 14.6. The average Bonchev–Trinajstić information content (AvgIpc) is 3.35. The molecule has 3 rings (SSSR count). The molecule has 0 aliphatic heterocycles. The molecule has 2 aliphatic rings. The molecular formula is C16H22ClN3O. The van der Waals surface area contributed by atoms with E-state index >= 15 is 0 Å². The number of hydrogen-bond donors (Lipinski definition) is 1. The van der Waals surface area contributed by atoms with Gasteiger partial charge in [0.15, 0.2) is 0 Å². The molecule has 1 amide bonds. The number of pyridine rings is 1. The molecule has 1 aromatic rings. The largest absolute Gasteiger partial charge is 0.370 e. The maximum Gasteiger partial charge on any atom is 0.255 e. The highest BCUT2D eigenvalue weighted by atomic mass is 35.5. The molecule has 1 heterocycles. The highest BCUT2D eigenvalue weighted by Crippen LogP contribution is 2.34. The molecule has 5 heteroatoms. The molecule has 2 aliphatic carbocycles. The highest BCUT2D eigenvalue weighted by Gasteiger charge is 2.32. The van der Waals surface area contributed by atoms with Crippen molar-refractivity contribution in [2.45, 2.75) is 32.6 Å². The molecule has 0 aromatic carbocycles. The van der Waals surface area contributed by atoms with Crippen LogP contribution in [0.2, 0.25) is 5.02 Å². The smallest absolute Gasteiger partial charge is 0.255 e. The van der Waals surface area contributed by atoms with Crippen LogP contribution in [0.3, 0.4) is 0 Å². The second kappa shape index (κ2) is 6.22. The minimum atomic E-state index is 0.0559. The van der Waals surface area contributed by atoms with Crippen molar-refractivity contribution in [3.05, 3.63) is 22.8 Å². The monoisotopic (exact) mass is 307 g/mol. The summed E-state index contributed by atoms with van der Waals surface area (Å²) in [5.74, 6) is 2.16. The highest BCUT2D eigenvalue weighted by molar-refractivity contribution is 6.33. The van der Waals surface area contributed by atoms with Crippen LogP contribution < -0.4 is 5.32 Å². The predicted molar refractivity (Wildman–Crippen MR) is 84.8 cm³/mol. The van der Waals surface area contributed by atoms with Crippen LogP contribution in [0, 0.1) is 11.8 Å². The summed E-state index contributed by atoms with van der Waals surface area (Å²) in [7, 11) is 0. The molecule has 1 aromatic heterocycles. The fourth-order valence-corrected chi connectivity index (χ4v) is 2.70. The number of nitrogens with zero attached hydrogens (tertiary/aromatic N) is 2. The fourth-order valence-electron chi connectivity index (χ4n) is 2.52. The lowest BCUT2D eigenvalue weighted by Crippen LogP contribution is -2.35. The second-order valence-corrected chi connectivity index (χ2v) is 6.58. The van der Waals surface area contributed by atoms with E-state index in [1.54, 1.807) is 12.3 Å². The fraction of sp³-hybridized carbons (Fsp3) is 0.625. The number of halogens is 1. The topological polar surface area (TPSA) is 45.2 Å². The molecule has 4 nitrogen and oxygen atoms in total. The molecule has 2 fully saturated rings. The van der Waals surface area contributed by atoms with Gasteiger partial charge < -0.3 is 10.2 Å². The third-order valence-electron chi connectivity index (χ3n) is 4.08. The van der Waals surface area contributed by atoms with Gasteiger partial charge in [0.05, 0.1) is 10.6 Å². The minimum absolute atomic E-state index is 0.0559. The lowest BCUT2D eigenvalue weighted by atomic mass is 10.2. The third-order valence-corrected chi connectivity index (χ3v) is 4.38. The molecule has 114 valence electrons. The Labute approximate surface area is 130 Å². The molecule has 0 atom stereocenters. The van der Waals surface area contributed by atoms with E-state index in [1.807, 2.05) is 11.8 Å². The van der Waals surface area contributed by atoms with Crippen molar-refractivity contribution in [1.29, 1.82) is 0 Å². The van der Waals surface area contributed by atoms with Crippen molar-refractivity contribution >= 4 is 23.3 Å². The van der Waals surface area contributed by atoms with Crippen LogP contribution in [-0.2, 0) is 0 Å². The summed E-state index contributed by atoms with van der Waals surface area (Å²) in [6.07, 6.45) is 6.57. The minimum Gasteiger partial charge on any atom is -0.370 e. The molecule has 0 unspecified atom stereocenters. The molecule has 1 N–H and O–H groups in total. The first-order valence-corrected chi connectivity index (χ1v) is 8.24. The SMILES string of the molecule is CCNc1cc(C(=O)N(CC2CC2)CC2CC2)c(Cl)cn1. The zero-order valence-electron chi connectivity index (χ0n) is 12.4. The average molecular weight is 308 g/mol. The van der Waals surface area contributed by atoms with Gasteiger partial charge in [-0.15, -0.1) is 0 Å². The Morgan fingerprint density at radius 3 is 2.48 bits per heavy atom. The second-order valence-electron chi connectivity index (χ2n) is 6.18. The van der Waals surface area contributed by atoms with E-state index in [0.29, 0.717) is 28.2 Å². The number of nitrogens with one attached hydrogen (secondary N) is 1. The van der Waals surface area contributed by atoms with E-state index in [4.69, 9.17) is 11.6 Å². The number of hydrogen-bond acceptors (Lipinski definition) is 3. The summed E-state index contributed by atoms with van der Waals surface area (Å²) in [4.78, 5) is 19.0. The van der Waals surface area contributed by atoms with Crippen LogP contribution in [0.1, 0.15) is 43.0 Å². The molecule has 2 saturated carbocycles. The summed E-state index contributed by atoms with van der Waals surface area (Å²) >= 11 is 6.20.